The van der Waals surface area contributed by atoms with Crippen molar-refractivity contribution in [2.24, 2.45) is 5.73 Å². The lowest BCUT2D eigenvalue weighted by atomic mass is 10.0. The summed E-state index contributed by atoms with van der Waals surface area (Å²) in [6.45, 7) is 3.62. The Balaban J connectivity index is 0.000000168. The summed E-state index contributed by atoms with van der Waals surface area (Å²) in [5.74, 6) is 0.745. The maximum Gasteiger partial charge on any atom is 0.328 e. The molecule has 2 atom stereocenters. The van der Waals surface area contributed by atoms with Crippen LogP contribution in [-0.2, 0) is 22.4 Å². The molecule has 304 valence electrons. The molecule has 2 aromatic carbocycles. The van der Waals surface area contributed by atoms with Crippen LogP contribution in [0.1, 0.15) is 68.3 Å². The Morgan fingerprint density at radius 1 is 0.746 bits per heavy atom. The molecule has 2 aliphatic heterocycles. The predicted octanol–water partition coefficient (Wildman–Crippen LogP) is 10.6. The van der Waals surface area contributed by atoms with Gasteiger partial charge in [-0.2, -0.15) is 0 Å². The summed E-state index contributed by atoms with van der Waals surface area (Å²) in [5, 5.41) is 9.38. The minimum absolute atomic E-state index is 0.00821. The summed E-state index contributed by atoms with van der Waals surface area (Å²) >= 11 is 15.7. The van der Waals surface area contributed by atoms with E-state index in [0.717, 1.165) is 77.6 Å². The summed E-state index contributed by atoms with van der Waals surface area (Å²) in [4.78, 5) is 54.4. The first kappa shape index (κ1) is 43.1. The Labute approximate surface area is 359 Å². The number of nitrogens with two attached hydrogens (primary N) is 1. The van der Waals surface area contributed by atoms with Crippen LogP contribution in [0.5, 0.6) is 11.5 Å². The molecule has 0 amide bonds. The van der Waals surface area contributed by atoms with Gasteiger partial charge in [-0.1, -0.05) is 23.2 Å². The third-order valence-corrected chi connectivity index (χ3v) is 12.3. The van der Waals surface area contributed by atoms with Crippen molar-refractivity contribution in [1.29, 1.82) is 0 Å². The molecular formula is C45H41Cl2N3O7S2. The highest BCUT2D eigenvalue weighted by molar-refractivity contribution is 7.17. The van der Waals surface area contributed by atoms with Crippen molar-refractivity contribution in [3.8, 4) is 32.4 Å². The van der Waals surface area contributed by atoms with Crippen molar-refractivity contribution in [1.82, 2.24) is 9.97 Å². The number of carbonyl (C=O) groups excluding carboxylic acids is 3. The maximum absolute atomic E-state index is 12.1. The van der Waals surface area contributed by atoms with Gasteiger partial charge in [0.1, 0.15) is 23.7 Å². The number of ketones is 3. The van der Waals surface area contributed by atoms with Crippen LogP contribution in [-0.4, -0.2) is 57.1 Å². The van der Waals surface area contributed by atoms with Crippen LogP contribution >= 0.6 is 45.9 Å². The number of aromatic nitrogens is 2. The van der Waals surface area contributed by atoms with E-state index in [-0.39, 0.29) is 29.6 Å². The second kappa shape index (κ2) is 20.0. The van der Waals surface area contributed by atoms with E-state index in [1.165, 1.54) is 28.7 Å². The van der Waals surface area contributed by atoms with Gasteiger partial charge in [-0.3, -0.25) is 14.4 Å². The van der Waals surface area contributed by atoms with Crippen LogP contribution < -0.4 is 15.2 Å². The van der Waals surface area contributed by atoms with E-state index in [0.29, 0.717) is 35.2 Å². The summed E-state index contributed by atoms with van der Waals surface area (Å²) in [7, 11) is 0. The van der Waals surface area contributed by atoms with Crippen molar-refractivity contribution in [2.45, 2.75) is 51.7 Å². The van der Waals surface area contributed by atoms with Crippen LogP contribution in [0.2, 0.25) is 10.0 Å². The number of benzene rings is 2. The van der Waals surface area contributed by atoms with Gasteiger partial charge in [0.2, 0.25) is 0 Å². The lowest BCUT2D eigenvalue weighted by Crippen LogP contribution is -2.24. The fourth-order valence-corrected chi connectivity index (χ4v) is 8.68. The number of ether oxygens (including phenoxy) is 2. The minimum atomic E-state index is -0.929. The number of carboxylic acid groups (broad SMARTS) is 1. The molecule has 6 aromatic rings. The smallest absolute Gasteiger partial charge is 0.328 e. The molecule has 8 rings (SSSR count). The number of aromatic amines is 2. The number of carboxylic acids is 1. The number of Topliss-reactive ketones (excluding diaryl/α,β-unsaturated/α-hetero) is 2. The zero-order valence-electron chi connectivity index (χ0n) is 32.1. The van der Waals surface area contributed by atoms with E-state index >= 15 is 0 Å². The molecule has 0 saturated heterocycles. The lowest BCUT2D eigenvalue weighted by Gasteiger charge is -2.10. The predicted molar refractivity (Wildman–Crippen MR) is 236 cm³/mol. The fraction of sp³-hybridized carbons (Fsp3) is 0.200. The number of hydrogen-bond donors (Lipinski definition) is 4. The van der Waals surface area contributed by atoms with Gasteiger partial charge in [0.05, 0.1) is 19.8 Å². The Morgan fingerprint density at radius 2 is 1.24 bits per heavy atom. The Hall–Kier alpha value is -5.50. The molecule has 2 aliphatic rings. The van der Waals surface area contributed by atoms with E-state index in [9.17, 15) is 19.2 Å². The molecule has 0 radical (unpaired) electrons. The highest BCUT2D eigenvalue weighted by Crippen LogP contribution is 2.43. The van der Waals surface area contributed by atoms with Gasteiger partial charge in [0, 0.05) is 77.6 Å². The standard InChI is InChI=1S/C23H20ClNO3S.C15H14ClNO2S.C7H7NO2/c1-14(26)21-6-7-22(29-21)16-10-17-11-19(28-23(17)20(24)12-16)5-4-18(27)3-2-15-8-9-25-13-15;1-8(18)13-2-3-14(20-13)9-4-10-5-11(7-17)19-15(10)12(16)6-9;9-7(10)2-1-6-3-4-8-5-6/h2-3,6-10,12-13,19,25H,4-5,11H2,1H3;2-4,6,11H,5,7,17H2,1H3;1-5,8H,(H,9,10)/b3-2+;;2-1+. The molecule has 6 heterocycles. The molecule has 5 N–H and O–H groups in total. The topological polar surface area (TPSA) is 165 Å². The second-order valence-electron chi connectivity index (χ2n) is 13.8. The molecule has 0 spiro atoms. The van der Waals surface area contributed by atoms with Crippen molar-refractivity contribution in [3.63, 3.8) is 0 Å². The third kappa shape index (κ3) is 11.6. The number of carbonyl (C=O) groups is 4. The normalized spacial score (nSPS) is 15.1. The van der Waals surface area contributed by atoms with Crippen LogP contribution in [0.15, 0.2) is 97.6 Å². The first-order valence-corrected chi connectivity index (χ1v) is 21.0. The fourth-order valence-electron chi connectivity index (χ4n) is 6.34. The number of fused-ring (bicyclic) bond motifs is 2. The van der Waals surface area contributed by atoms with E-state index in [1.807, 2.05) is 60.9 Å². The van der Waals surface area contributed by atoms with Gasteiger partial charge in [0.15, 0.2) is 17.3 Å². The van der Waals surface area contributed by atoms with Crippen molar-refractivity contribution < 1.29 is 33.8 Å². The summed E-state index contributed by atoms with van der Waals surface area (Å²) < 4.78 is 11.7. The summed E-state index contributed by atoms with van der Waals surface area (Å²) in [6, 6.07) is 19.2. The monoisotopic (exact) mass is 869 g/mol. The zero-order valence-corrected chi connectivity index (χ0v) is 35.3. The van der Waals surface area contributed by atoms with Gasteiger partial charge in [-0.15, -0.1) is 22.7 Å². The average Bonchev–Trinajstić information content (AvgIpc) is 4.07. The number of rotatable bonds is 12. The molecule has 10 nitrogen and oxygen atoms in total. The number of hydrogen-bond acceptors (Lipinski definition) is 9. The quantitative estimate of drug-likeness (QED) is 0.0697. The molecule has 0 fully saturated rings. The van der Waals surface area contributed by atoms with E-state index in [2.05, 4.69) is 22.1 Å². The number of H-pyrrole nitrogens is 2. The molecule has 0 saturated carbocycles. The number of aliphatic carboxylic acids is 1. The lowest BCUT2D eigenvalue weighted by molar-refractivity contribution is -0.131. The molecule has 2 unspecified atom stereocenters. The van der Waals surface area contributed by atoms with Crippen LogP contribution in [0.25, 0.3) is 33.0 Å². The third-order valence-electron chi connectivity index (χ3n) is 9.28. The number of nitrogens with one attached hydrogen (secondary N) is 2. The molecular weight excluding hydrogens is 830 g/mol. The van der Waals surface area contributed by atoms with Crippen LogP contribution in [0.4, 0.5) is 0 Å². The van der Waals surface area contributed by atoms with Gasteiger partial charge in [0.25, 0.3) is 0 Å². The Morgan fingerprint density at radius 3 is 1.68 bits per heavy atom. The second-order valence-corrected chi connectivity index (χ2v) is 16.7. The molecule has 59 heavy (non-hydrogen) atoms. The highest BCUT2D eigenvalue weighted by atomic mass is 35.5. The van der Waals surface area contributed by atoms with Crippen molar-refractivity contribution in [2.75, 3.05) is 6.54 Å². The van der Waals surface area contributed by atoms with Crippen LogP contribution in [0, 0.1) is 0 Å². The molecule has 0 bridgehead atoms. The number of halogens is 2. The van der Waals surface area contributed by atoms with Gasteiger partial charge >= 0.3 is 5.97 Å². The maximum atomic E-state index is 12.1. The van der Waals surface area contributed by atoms with E-state index in [4.69, 9.17) is 43.5 Å². The van der Waals surface area contributed by atoms with Crippen molar-refractivity contribution in [3.05, 3.63) is 140 Å². The largest absolute Gasteiger partial charge is 0.488 e. The summed E-state index contributed by atoms with van der Waals surface area (Å²) in [6.07, 6.45) is 15.7. The van der Waals surface area contributed by atoms with Gasteiger partial charge in [-0.05, 0) is 121 Å². The molecule has 0 aliphatic carbocycles. The number of allylic oxidation sites excluding steroid dienone is 1. The van der Waals surface area contributed by atoms with E-state index in [1.54, 1.807) is 38.4 Å². The SMILES string of the molecule is CC(=O)c1ccc(-c2cc(Cl)c3c(c2)CC(CCC(=O)/C=C/c2cc[nH]c2)O3)s1.CC(=O)c1ccc(-c2cc(Cl)c3c(c2)CC(CN)O3)s1.O=C(O)/C=C/c1cc[nH]c1. The first-order valence-electron chi connectivity index (χ1n) is 18.6. The first-order chi connectivity index (χ1) is 28.4. The average molecular weight is 871 g/mol. The number of thiophene rings is 2. The van der Waals surface area contributed by atoms with Crippen LogP contribution in [0.3, 0.4) is 0 Å². The van der Waals surface area contributed by atoms with E-state index < -0.39 is 5.97 Å². The highest BCUT2D eigenvalue weighted by Gasteiger charge is 2.27. The Kier molecular flexibility index (Phi) is 14.6. The van der Waals surface area contributed by atoms with Gasteiger partial charge in [-0.25, -0.2) is 4.79 Å². The summed E-state index contributed by atoms with van der Waals surface area (Å²) in [5.41, 5.74) is 11.6. The molecule has 14 heteroatoms. The van der Waals surface area contributed by atoms with Crippen molar-refractivity contribution >= 4 is 81.3 Å². The minimum Gasteiger partial charge on any atom is -0.488 e. The zero-order chi connectivity index (χ0) is 42.1. The Bertz CT molecular complexity index is 2500. The van der Waals surface area contributed by atoms with Gasteiger partial charge < -0.3 is 30.3 Å². The molecule has 4 aromatic heterocycles.